The maximum Gasteiger partial charge on any atom is 0.309 e. The highest BCUT2D eigenvalue weighted by atomic mass is 16.5. The maximum absolute atomic E-state index is 11.4. The van der Waals surface area contributed by atoms with Crippen molar-refractivity contribution in [3.05, 3.63) is 0 Å². The van der Waals surface area contributed by atoms with Crippen LogP contribution >= 0.6 is 0 Å². The molecular weight excluding hydrogens is 204 g/mol. The predicted octanol–water partition coefficient (Wildman–Crippen LogP) is 0.0892. The number of likely N-dealkylation sites (tertiary alicyclic amines) is 1. The fourth-order valence-electron chi connectivity index (χ4n) is 3.51. The van der Waals surface area contributed by atoms with E-state index < -0.39 is 0 Å². The number of carbonyl (C=O) groups is 1. The number of nitrogens with zero attached hydrogens (tertiary/aromatic N) is 1. The first-order valence-corrected chi connectivity index (χ1v) is 6.34. The van der Waals surface area contributed by atoms with E-state index in [1.165, 1.54) is 20.0 Å². The van der Waals surface area contributed by atoms with E-state index in [4.69, 9.17) is 4.74 Å². The summed E-state index contributed by atoms with van der Waals surface area (Å²) in [5.41, 5.74) is 0. The monoisotopic (exact) mass is 224 g/mol. The molecule has 2 atom stereocenters. The molecule has 2 aliphatic heterocycles. The van der Waals surface area contributed by atoms with Gasteiger partial charge in [0.15, 0.2) is 0 Å². The van der Waals surface area contributed by atoms with Crippen LogP contribution in [0.25, 0.3) is 0 Å². The lowest BCUT2D eigenvalue weighted by molar-refractivity contribution is -0.143. The molecule has 0 aromatic carbocycles. The molecule has 0 aromatic heterocycles. The second kappa shape index (κ2) is 4.00. The highest BCUT2D eigenvalue weighted by Crippen LogP contribution is 2.52. The SMILES string of the molecule is COC(=O)C1C2CN(C3CCNCC3)CC21. The minimum Gasteiger partial charge on any atom is -0.469 e. The average molecular weight is 224 g/mol. The van der Waals surface area contributed by atoms with Gasteiger partial charge in [0.25, 0.3) is 0 Å². The molecule has 0 aromatic rings. The summed E-state index contributed by atoms with van der Waals surface area (Å²) >= 11 is 0. The summed E-state index contributed by atoms with van der Waals surface area (Å²) in [6.07, 6.45) is 2.53. The van der Waals surface area contributed by atoms with Crippen molar-refractivity contribution in [2.24, 2.45) is 17.8 Å². The van der Waals surface area contributed by atoms with Crippen molar-refractivity contribution in [3.8, 4) is 0 Å². The van der Waals surface area contributed by atoms with Crippen LogP contribution in [-0.2, 0) is 9.53 Å². The summed E-state index contributed by atoms with van der Waals surface area (Å²) in [5.74, 6) is 1.44. The van der Waals surface area contributed by atoms with E-state index in [-0.39, 0.29) is 11.9 Å². The fourth-order valence-corrected chi connectivity index (χ4v) is 3.51. The molecule has 16 heavy (non-hydrogen) atoms. The smallest absolute Gasteiger partial charge is 0.309 e. The largest absolute Gasteiger partial charge is 0.469 e. The Morgan fingerprint density at radius 2 is 1.88 bits per heavy atom. The third-order valence-corrected chi connectivity index (χ3v) is 4.52. The molecule has 2 heterocycles. The minimum absolute atomic E-state index is 0.0139. The number of piperidine rings is 2. The predicted molar refractivity (Wildman–Crippen MR) is 60.0 cm³/mol. The van der Waals surface area contributed by atoms with Crippen LogP contribution in [0.15, 0.2) is 0 Å². The summed E-state index contributed by atoms with van der Waals surface area (Å²) in [4.78, 5) is 14.0. The molecule has 3 aliphatic rings. The molecule has 0 amide bonds. The number of hydrogen-bond acceptors (Lipinski definition) is 4. The van der Waals surface area contributed by atoms with Gasteiger partial charge in [-0.2, -0.15) is 0 Å². The molecule has 3 rings (SSSR count). The fraction of sp³-hybridized carbons (Fsp3) is 0.917. The van der Waals surface area contributed by atoms with Crippen molar-refractivity contribution in [3.63, 3.8) is 0 Å². The molecule has 1 aliphatic carbocycles. The molecule has 0 radical (unpaired) electrons. The molecule has 2 unspecified atom stereocenters. The summed E-state index contributed by atoms with van der Waals surface area (Å²) < 4.78 is 4.82. The molecule has 0 bridgehead atoms. The van der Waals surface area contributed by atoms with Gasteiger partial charge in [-0.25, -0.2) is 0 Å². The summed E-state index contributed by atoms with van der Waals surface area (Å²) in [5, 5.41) is 3.40. The second-order valence-electron chi connectivity index (χ2n) is 5.31. The number of rotatable bonds is 2. The normalized spacial score (nSPS) is 39.4. The van der Waals surface area contributed by atoms with E-state index in [1.54, 1.807) is 0 Å². The van der Waals surface area contributed by atoms with E-state index in [0.717, 1.165) is 32.2 Å². The van der Waals surface area contributed by atoms with Gasteiger partial charge >= 0.3 is 5.97 Å². The zero-order valence-electron chi connectivity index (χ0n) is 9.82. The van der Waals surface area contributed by atoms with Gasteiger partial charge in [0.2, 0.25) is 0 Å². The lowest BCUT2D eigenvalue weighted by atomic mass is 10.0. The van der Waals surface area contributed by atoms with E-state index in [9.17, 15) is 4.79 Å². The number of methoxy groups -OCH3 is 1. The molecule has 3 fully saturated rings. The second-order valence-corrected chi connectivity index (χ2v) is 5.31. The van der Waals surface area contributed by atoms with Crippen LogP contribution in [-0.4, -0.2) is 50.2 Å². The molecule has 0 spiro atoms. The topological polar surface area (TPSA) is 41.6 Å². The lowest BCUT2D eigenvalue weighted by Crippen LogP contribution is -2.43. The Balaban J connectivity index is 1.52. The van der Waals surface area contributed by atoms with Gasteiger partial charge in [-0.1, -0.05) is 0 Å². The maximum atomic E-state index is 11.4. The summed E-state index contributed by atoms with van der Waals surface area (Å²) in [6.45, 7) is 4.54. The Morgan fingerprint density at radius 1 is 1.25 bits per heavy atom. The van der Waals surface area contributed by atoms with Crippen molar-refractivity contribution < 1.29 is 9.53 Å². The summed E-state index contributed by atoms with van der Waals surface area (Å²) in [7, 11) is 1.50. The Labute approximate surface area is 96.3 Å². The van der Waals surface area contributed by atoms with Crippen LogP contribution in [0, 0.1) is 17.8 Å². The molecule has 1 saturated carbocycles. The molecule has 1 N–H and O–H groups in total. The number of ether oxygens (including phenoxy) is 1. The molecule has 4 heteroatoms. The van der Waals surface area contributed by atoms with Crippen LogP contribution in [0.1, 0.15) is 12.8 Å². The highest BCUT2D eigenvalue weighted by molar-refractivity contribution is 5.76. The Kier molecular flexibility index (Phi) is 2.64. The van der Waals surface area contributed by atoms with Gasteiger partial charge < -0.3 is 10.1 Å². The Bertz CT molecular complexity index is 277. The van der Waals surface area contributed by atoms with Crippen LogP contribution in [0.5, 0.6) is 0 Å². The van der Waals surface area contributed by atoms with Crippen molar-refractivity contribution in [1.82, 2.24) is 10.2 Å². The van der Waals surface area contributed by atoms with Gasteiger partial charge in [-0.3, -0.25) is 9.69 Å². The number of hydrogen-bond donors (Lipinski definition) is 1. The standard InChI is InChI=1S/C12H20N2O2/c1-16-12(15)11-9-6-14(7-10(9)11)8-2-4-13-5-3-8/h8-11,13H,2-7H2,1H3. The van der Waals surface area contributed by atoms with E-state index in [1.807, 2.05) is 0 Å². The van der Waals surface area contributed by atoms with E-state index >= 15 is 0 Å². The minimum atomic E-state index is 0.0139. The first kappa shape index (κ1) is 10.5. The number of esters is 1. The first-order valence-electron chi connectivity index (χ1n) is 6.34. The average Bonchev–Trinajstić information content (AvgIpc) is 2.84. The zero-order valence-corrected chi connectivity index (χ0v) is 9.82. The molecule has 4 nitrogen and oxygen atoms in total. The highest BCUT2D eigenvalue weighted by Gasteiger charge is 2.60. The van der Waals surface area contributed by atoms with Crippen molar-refractivity contribution in [2.45, 2.75) is 18.9 Å². The van der Waals surface area contributed by atoms with Crippen LogP contribution in [0.2, 0.25) is 0 Å². The lowest BCUT2D eigenvalue weighted by Gasteiger charge is -2.32. The number of nitrogens with one attached hydrogen (secondary N) is 1. The molecule has 90 valence electrons. The Morgan fingerprint density at radius 3 is 2.44 bits per heavy atom. The van der Waals surface area contributed by atoms with Gasteiger partial charge in [0.05, 0.1) is 13.0 Å². The number of fused-ring (bicyclic) bond motifs is 1. The van der Waals surface area contributed by atoms with Crippen molar-refractivity contribution in [2.75, 3.05) is 33.3 Å². The van der Waals surface area contributed by atoms with Crippen LogP contribution in [0.3, 0.4) is 0 Å². The van der Waals surface area contributed by atoms with Crippen LogP contribution in [0.4, 0.5) is 0 Å². The van der Waals surface area contributed by atoms with E-state index in [0.29, 0.717) is 11.8 Å². The third kappa shape index (κ3) is 1.64. The third-order valence-electron chi connectivity index (χ3n) is 4.52. The van der Waals surface area contributed by atoms with Gasteiger partial charge in [0.1, 0.15) is 0 Å². The van der Waals surface area contributed by atoms with Gasteiger partial charge in [0, 0.05) is 19.1 Å². The summed E-state index contributed by atoms with van der Waals surface area (Å²) in [6, 6.07) is 0.757. The number of carbonyl (C=O) groups excluding carboxylic acids is 1. The first-order chi connectivity index (χ1) is 7.81. The van der Waals surface area contributed by atoms with E-state index in [2.05, 4.69) is 10.2 Å². The quantitative estimate of drug-likeness (QED) is 0.675. The van der Waals surface area contributed by atoms with Crippen molar-refractivity contribution in [1.29, 1.82) is 0 Å². The molecular formula is C12H20N2O2. The van der Waals surface area contributed by atoms with Crippen molar-refractivity contribution >= 4 is 5.97 Å². The van der Waals surface area contributed by atoms with Gasteiger partial charge in [-0.05, 0) is 37.8 Å². The van der Waals surface area contributed by atoms with Gasteiger partial charge in [-0.15, -0.1) is 0 Å². The van der Waals surface area contributed by atoms with Crippen LogP contribution < -0.4 is 5.32 Å². The zero-order chi connectivity index (χ0) is 11.1. The molecule has 2 saturated heterocycles. The Hall–Kier alpha value is -0.610.